The molecule has 6 heteroatoms. The molecule has 0 aliphatic heterocycles. The van der Waals surface area contributed by atoms with Crippen LogP contribution in [0.3, 0.4) is 0 Å². The van der Waals surface area contributed by atoms with Crippen molar-refractivity contribution in [1.29, 1.82) is 0 Å². The second-order valence-corrected chi connectivity index (χ2v) is 5.56. The molecule has 0 aromatic heterocycles. The second-order valence-electron chi connectivity index (χ2n) is 5.56. The third-order valence-electron chi connectivity index (χ3n) is 3.58. The van der Waals surface area contributed by atoms with Crippen molar-refractivity contribution in [3.63, 3.8) is 0 Å². The van der Waals surface area contributed by atoms with Gasteiger partial charge in [0.05, 0.1) is 18.6 Å². The average molecular weight is 368 g/mol. The monoisotopic (exact) mass is 368 g/mol. The summed E-state index contributed by atoms with van der Waals surface area (Å²) in [5.74, 6) is -1.14. The number of ketones is 1. The molecule has 6 nitrogen and oxygen atoms in total. The number of rotatable bonds is 10. The van der Waals surface area contributed by atoms with Crippen molar-refractivity contribution in [1.82, 2.24) is 0 Å². The summed E-state index contributed by atoms with van der Waals surface area (Å²) in [6, 6.07) is 15.3. The molecule has 0 unspecified atom stereocenters. The van der Waals surface area contributed by atoms with Gasteiger partial charge in [-0.1, -0.05) is 49.0 Å². The molecule has 0 saturated heterocycles. The van der Waals surface area contributed by atoms with Crippen LogP contribution in [0.5, 0.6) is 5.75 Å². The van der Waals surface area contributed by atoms with Gasteiger partial charge >= 0.3 is 11.9 Å². The summed E-state index contributed by atoms with van der Waals surface area (Å²) >= 11 is 0. The highest BCUT2D eigenvalue weighted by atomic mass is 17.2. The van der Waals surface area contributed by atoms with E-state index in [4.69, 9.17) is 14.5 Å². The molecule has 2 aromatic carbocycles. The lowest BCUT2D eigenvalue weighted by molar-refractivity contribution is -0.214. The molecule has 0 saturated carbocycles. The van der Waals surface area contributed by atoms with Gasteiger partial charge in [-0.2, -0.15) is 0 Å². The van der Waals surface area contributed by atoms with Crippen LogP contribution in [0.15, 0.2) is 67.3 Å². The first-order valence-electron chi connectivity index (χ1n) is 8.47. The molecule has 2 rings (SSSR count). The molecule has 0 aliphatic carbocycles. The number of carbonyl (C=O) groups excluding carboxylic acids is 3. The fourth-order valence-electron chi connectivity index (χ4n) is 2.21. The summed E-state index contributed by atoms with van der Waals surface area (Å²) < 4.78 is 4.81. The van der Waals surface area contributed by atoms with E-state index < -0.39 is 11.9 Å². The van der Waals surface area contributed by atoms with E-state index in [1.54, 1.807) is 48.5 Å². The van der Waals surface area contributed by atoms with Crippen molar-refractivity contribution in [2.75, 3.05) is 6.61 Å². The number of benzene rings is 2. The van der Waals surface area contributed by atoms with Gasteiger partial charge in [-0.3, -0.25) is 14.6 Å². The van der Waals surface area contributed by atoms with E-state index in [1.807, 2.05) is 6.07 Å². The van der Waals surface area contributed by atoms with Crippen LogP contribution >= 0.6 is 0 Å². The Morgan fingerprint density at radius 2 is 1.63 bits per heavy atom. The summed E-state index contributed by atoms with van der Waals surface area (Å²) in [7, 11) is 0. The smallest absolute Gasteiger partial charge is 0.355 e. The van der Waals surface area contributed by atoms with Gasteiger partial charge in [0.25, 0.3) is 0 Å². The van der Waals surface area contributed by atoms with Gasteiger partial charge in [-0.25, -0.2) is 9.59 Å². The number of hydrogen-bond donors (Lipinski definition) is 0. The Labute approximate surface area is 157 Å². The molecular formula is C21H20O6. The standard InChI is InChI=1S/C21H20O6/c1-2-19(22)25-15-9-8-14-20(23)27-26-18-13-7-6-12-17(18)21(24)16-10-4-3-5-11-16/h2-7,10-13H,1,8-9,14-15H2. The van der Waals surface area contributed by atoms with E-state index in [-0.39, 0.29) is 24.6 Å². The first kappa shape index (κ1) is 19.9. The van der Waals surface area contributed by atoms with Gasteiger partial charge in [-0.15, -0.1) is 0 Å². The Balaban J connectivity index is 1.84. The second kappa shape index (κ2) is 10.6. The van der Waals surface area contributed by atoms with Crippen LogP contribution in [-0.4, -0.2) is 24.3 Å². The zero-order chi connectivity index (χ0) is 19.5. The Kier molecular flexibility index (Phi) is 7.78. The number of carbonyl (C=O) groups is 3. The molecule has 0 radical (unpaired) electrons. The highest BCUT2D eigenvalue weighted by molar-refractivity contribution is 6.10. The van der Waals surface area contributed by atoms with E-state index in [0.717, 1.165) is 6.08 Å². The minimum atomic E-state index is -0.577. The van der Waals surface area contributed by atoms with Crippen LogP contribution in [-0.2, 0) is 19.2 Å². The van der Waals surface area contributed by atoms with Crippen LogP contribution in [0.2, 0.25) is 0 Å². The molecule has 2 aromatic rings. The number of esters is 1. The molecule has 0 bridgehead atoms. The normalized spacial score (nSPS) is 9.93. The molecule has 0 amide bonds. The topological polar surface area (TPSA) is 78.9 Å². The van der Waals surface area contributed by atoms with Crippen molar-refractivity contribution in [2.45, 2.75) is 19.3 Å². The van der Waals surface area contributed by atoms with Crippen molar-refractivity contribution in [3.05, 3.63) is 78.4 Å². The maximum atomic E-state index is 12.6. The maximum Gasteiger partial charge on any atom is 0.355 e. The van der Waals surface area contributed by atoms with E-state index in [1.165, 1.54) is 0 Å². The largest absolute Gasteiger partial charge is 0.463 e. The van der Waals surface area contributed by atoms with Crippen molar-refractivity contribution in [3.8, 4) is 5.75 Å². The van der Waals surface area contributed by atoms with E-state index >= 15 is 0 Å². The fraction of sp³-hybridized carbons (Fsp3) is 0.190. The van der Waals surface area contributed by atoms with Gasteiger partial charge in [0.2, 0.25) is 0 Å². The quantitative estimate of drug-likeness (QED) is 0.159. The van der Waals surface area contributed by atoms with Crippen LogP contribution in [0.1, 0.15) is 35.2 Å². The Morgan fingerprint density at radius 1 is 0.926 bits per heavy atom. The van der Waals surface area contributed by atoms with Gasteiger partial charge < -0.3 is 4.74 Å². The SMILES string of the molecule is C=CC(=O)OCCCCC(=O)OOc1ccccc1C(=O)c1ccccc1. The minimum absolute atomic E-state index is 0.0977. The first-order chi connectivity index (χ1) is 13.1. The van der Waals surface area contributed by atoms with Gasteiger partial charge in [0.1, 0.15) is 0 Å². The first-order valence-corrected chi connectivity index (χ1v) is 8.47. The number of para-hydroxylation sites is 1. The summed E-state index contributed by atoms with van der Waals surface area (Å²) in [6.45, 7) is 3.49. The zero-order valence-electron chi connectivity index (χ0n) is 14.8. The summed E-state index contributed by atoms with van der Waals surface area (Å²) in [5.41, 5.74) is 0.807. The van der Waals surface area contributed by atoms with E-state index in [0.29, 0.717) is 24.0 Å². The maximum absolute atomic E-state index is 12.6. The molecule has 140 valence electrons. The average Bonchev–Trinajstić information content (AvgIpc) is 2.72. The molecule has 0 heterocycles. The molecule has 27 heavy (non-hydrogen) atoms. The molecule has 0 aliphatic rings. The van der Waals surface area contributed by atoms with Crippen LogP contribution in [0, 0.1) is 0 Å². The fourth-order valence-corrected chi connectivity index (χ4v) is 2.21. The van der Waals surface area contributed by atoms with Crippen molar-refractivity contribution in [2.24, 2.45) is 0 Å². The molecule has 0 atom stereocenters. The Morgan fingerprint density at radius 3 is 2.37 bits per heavy atom. The van der Waals surface area contributed by atoms with Gasteiger partial charge in [0.15, 0.2) is 11.5 Å². The predicted molar refractivity (Wildman–Crippen MR) is 98.0 cm³/mol. The molecule has 0 N–H and O–H groups in total. The number of ether oxygens (including phenoxy) is 1. The summed E-state index contributed by atoms with van der Waals surface area (Å²) in [6.07, 6.45) is 2.16. The van der Waals surface area contributed by atoms with Crippen LogP contribution in [0.4, 0.5) is 0 Å². The zero-order valence-corrected chi connectivity index (χ0v) is 14.8. The third kappa shape index (κ3) is 6.43. The van der Waals surface area contributed by atoms with Crippen LogP contribution < -0.4 is 4.89 Å². The summed E-state index contributed by atoms with van der Waals surface area (Å²) in [5, 5.41) is 0. The minimum Gasteiger partial charge on any atom is -0.463 e. The number of hydrogen-bond acceptors (Lipinski definition) is 6. The van der Waals surface area contributed by atoms with Gasteiger partial charge in [0, 0.05) is 11.6 Å². The van der Waals surface area contributed by atoms with E-state index in [2.05, 4.69) is 6.58 Å². The lowest BCUT2D eigenvalue weighted by atomic mass is 10.0. The molecular weight excluding hydrogens is 348 g/mol. The lowest BCUT2D eigenvalue weighted by Gasteiger charge is -2.09. The van der Waals surface area contributed by atoms with Crippen LogP contribution in [0.25, 0.3) is 0 Å². The predicted octanol–water partition coefficient (Wildman–Crippen LogP) is 3.65. The molecule has 0 fully saturated rings. The number of unbranched alkanes of at least 4 members (excludes halogenated alkanes) is 1. The lowest BCUT2D eigenvalue weighted by Crippen LogP contribution is -2.11. The Bertz CT molecular complexity index is 797. The highest BCUT2D eigenvalue weighted by Gasteiger charge is 2.16. The molecule has 0 spiro atoms. The van der Waals surface area contributed by atoms with Gasteiger partial charge in [-0.05, 0) is 25.0 Å². The van der Waals surface area contributed by atoms with E-state index in [9.17, 15) is 14.4 Å². The summed E-state index contributed by atoms with van der Waals surface area (Å²) in [4.78, 5) is 45.1. The Hall–Kier alpha value is -3.41. The third-order valence-corrected chi connectivity index (χ3v) is 3.58. The van der Waals surface area contributed by atoms with Crippen molar-refractivity contribution < 1.29 is 28.9 Å². The highest BCUT2D eigenvalue weighted by Crippen LogP contribution is 2.22. The van der Waals surface area contributed by atoms with Crippen molar-refractivity contribution >= 4 is 17.7 Å².